The van der Waals surface area contributed by atoms with Gasteiger partial charge in [0.05, 0.1) is 36.7 Å². The van der Waals surface area contributed by atoms with E-state index >= 15 is 0 Å². The third kappa shape index (κ3) is 1.59. The fourth-order valence-corrected chi connectivity index (χ4v) is 1.12. The van der Waals surface area contributed by atoms with Crippen LogP contribution >= 0.6 is 0 Å². The Balaban J connectivity index is 2.37. The molecule has 3 nitrogen and oxygen atoms in total. The molecule has 0 aliphatic rings. The average Bonchev–Trinajstić information content (AvgIpc) is 2.86. The number of furan rings is 2. The van der Waals surface area contributed by atoms with Gasteiger partial charge in [0.2, 0.25) is 0 Å². The Morgan fingerprint density at radius 2 is 2.00 bits per heavy atom. The first-order valence-electron chi connectivity index (χ1n) is 4.07. The van der Waals surface area contributed by atoms with Gasteiger partial charge in [0.15, 0.2) is 0 Å². The van der Waals surface area contributed by atoms with Crippen molar-refractivity contribution in [3.63, 3.8) is 0 Å². The van der Waals surface area contributed by atoms with Crippen LogP contribution in [0.15, 0.2) is 46.0 Å². The van der Waals surface area contributed by atoms with E-state index in [1.54, 1.807) is 30.7 Å². The molecular weight excluding hydrogens is 178 g/mol. The summed E-state index contributed by atoms with van der Waals surface area (Å²) in [5, 5.41) is 8.91. The second kappa shape index (κ2) is 3.67. The molecule has 2 aromatic rings. The molecule has 0 bridgehead atoms. The van der Waals surface area contributed by atoms with Gasteiger partial charge in [-0.2, -0.15) is 5.26 Å². The molecule has 0 unspecified atom stereocenters. The Hall–Kier alpha value is -2.21. The molecule has 2 heterocycles. The minimum absolute atomic E-state index is 0.556. The third-order valence-corrected chi connectivity index (χ3v) is 1.81. The monoisotopic (exact) mass is 185 g/mol. The maximum absolute atomic E-state index is 8.91. The molecule has 0 aliphatic heterocycles. The maximum atomic E-state index is 8.91. The molecule has 68 valence electrons. The first-order chi connectivity index (χ1) is 6.90. The largest absolute Gasteiger partial charge is 0.472 e. The van der Waals surface area contributed by atoms with Gasteiger partial charge in [0, 0.05) is 11.1 Å². The van der Waals surface area contributed by atoms with Gasteiger partial charge < -0.3 is 8.83 Å². The van der Waals surface area contributed by atoms with Crippen LogP contribution in [-0.2, 0) is 0 Å². The summed E-state index contributed by atoms with van der Waals surface area (Å²) in [6.07, 6.45) is 7.97. The van der Waals surface area contributed by atoms with E-state index in [1.165, 1.54) is 12.5 Å². The van der Waals surface area contributed by atoms with Crippen LogP contribution in [0.3, 0.4) is 0 Å². The van der Waals surface area contributed by atoms with Crippen molar-refractivity contribution < 1.29 is 8.83 Å². The van der Waals surface area contributed by atoms with Crippen LogP contribution in [0.4, 0.5) is 0 Å². The van der Waals surface area contributed by atoms with Gasteiger partial charge in [-0.1, -0.05) is 0 Å². The molecule has 2 aromatic heterocycles. The highest BCUT2D eigenvalue weighted by Gasteiger charge is 2.02. The van der Waals surface area contributed by atoms with Crippen LogP contribution in [0.25, 0.3) is 11.6 Å². The molecule has 0 radical (unpaired) electrons. The van der Waals surface area contributed by atoms with Crippen molar-refractivity contribution in [2.24, 2.45) is 0 Å². The van der Waals surface area contributed by atoms with Gasteiger partial charge in [0.1, 0.15) is 0 Å². The highest BCUT2D eigenvalue weighted by Crippen LogP contribution is 2.17. The van der Waals surface area contributed by atoms with Crippen molar-refractivity contribution in [1.82, 2.24) is 0 Å². The predicted molar refractivity (Wildman–Crippen MR) is 50.9 cm³/mol. The van der Waals surface area contributed by atoms with Crippen LogP contribution in [0.2, 0.25) is 0 Å². The highest BCUT2D eigenvalue weighted by atomic mass is 16.3. The van der Waals surface area contributed by atoms with Gasteiger partial charge in [-0.15, -0.1) is 0 Å². The number of nitriles is 1. The second-order valence-electron chi connectivity index (χ2n) is 2.74. The SMILES string of the molecule is N#C/C(=C\c1ccoc1)c1ccoc1. The zero-order valence-corrected chi connectivity index (χ0v) is 7.31. The first kappa shape index (κ1) is 8.39. The Morgan fingerprint density at radius 1 is 1.21 bits per heavy atom. The van der Waals surface area contributed by atoms with E-state index in [0.717, 1.165) is 11.1 Å². The first-order valence-corrected chi connectivity index (χ1v) is 4.07. The predicted octanol–water partition coefficient (Wildman–Crippen LogP) is 2.94. The van der Waals surface area contributed by atoms with Crippen LogP contribution in [0.5, 0.6) is 0 Å². The molecular formula is C11H7NO2. The van der Waals surface area contributed by atoms with Crippen LogP contribution < -0.4 is 0 Å². The lowest BCUT2D eigenvalue weighted by Crippen LogP contribution is -1.75. The number of nitrogens with zero attached hydrogens (tertiary/aromatic N) is 1. The lowest BCUT2D eigenvalue weighted by molar-refractivity contribution is 0.566. The van der Waals surface area contributed by atoms with Crippen LogP contribution in [-0.4, -0.2) is 0 Å². The van der Waals surface area contributed by atoms with E-state index in [1.807, 2.05) is 0 Å². The molecule has 0 aromatic carbocycles. The smallest absolute Gasteiger partial charge is 0.0999 e. The maximum Gasteiger partial charge on any atom is 0.0999 e. The third-order valence-electron chi connectivity index (χ3n) is 1.81. The van der Waals surface area contributed by atoms with Gasteiger partial charge >= 0.3 is 0 Å². The zero-order valence-electron chi connectivity index (χ0n) is 7.31. The fraction of sp³-hybridized carbons (Fsp3) is 0. The quantitative estimate of drug-likeness (QED) is 0.676. The van der Waals surface area contributed by atoms with Crippen molar-refractivity contribution in [2.75, 3.05) is 0 Å². The summed E-state index contributed by atoms with van der Waals surface area (Å²) in [5.41, 5.74) is 2.19. The molecule has 3 heteroatoms. The van der Waals surface area contributed by atoms with Crippen LogP contribution in [0, 0.1) is 11.3 Å². The molecule has 0 spiro atoms. The van der Waals surface area contributed by atoms with Crippen molar-refractivity contribution in [2.45, 2.75) is 0 Å². The van der Waals surface area contributed by atoms with Crippen LogP contribution in [0.1, 0.15) is 11.1 Å². The number of hydrogen-bond acceptors (Lipinski definition) is 3. The molecule has 0 fully saturated rings. The molecule has 0 saturated heterocycles. The van der Waals surface area contributed by atoms with E-state index < -0.39 is 0 Å². The minimum atomic E-state index is 0.556. The van der Waals surface area contributed by atoms with E-state index in [-0.39, 0.29) is 0 Å². The van der Waals surface area contributed by atoms with Crippen molar-refractivity contribution in [3.05, 3.63) is 48.3 Å². The summed E-state index contributed by atoms with van der Waals surface area (Å²) in [6, 6.07) is 5.64. The summed E-state index contributed by atoms with van der Waals surface area (Å²) in [6.45, 7) is 0. The lowest BCUT2D eigenvalue weighted by atomic mass is 10.1. The van der Waals surface area contributed by atoms with E-state index in [9.17, 15) is 0 Å². The van der Waals surface area contributed by atoms with E-state index in [4.69, 9.17) is 14.1 Å². The topological polar surface area (TPSA) is 50.1 Å². The number of hydrogen-bond donors (Lipinski definition) is 0. The average molecular weight is 185 g/mol. The molecule has 0 atom stereocenters. The van der Waals surface area contributed by atoms with E-state index in [2.05, 4.69) is 6.07 Å². The highest BCUT2D eigenvalue weighted by molar-refractivity contribution is 5.89. The Bertz CT molecular complexity index is 458. The molecule has 0 amide bonds. The number of rotatable bonds is 2. The van der Waals surface area contributed by atoms with Gasteiger partial charge in [0.25, 0.3) is 0 Å². The molecule has 0 saturated carbocycles. The Labute approximate surface area is 80.9 Å². The normalized spacial score (nSPS) is 11.2. The van der Waals surface area contributed by atoms with E-state index in [0.29, 0.717) is 5.57 Å². The second-order valence-corrected chi connectivity index (χ2v) is 2.74. The van der Waals surface area contributed by atoms with Gasteiger partial charge in [-0.3, -0.25) is 0 Å². The molecule has 0 N–H and O–H groups in total. The number of allylic oxidation sites excluding steroid dienone is 1. The molecule has 0 aliphatic carbocycles. The Morgan fingerprint density at radius 3 is 2.57 bits per heavy atom. The molecule has 14 heavy (non-hydrogen) atoms. The van der Waals surface area contributed by atoms with Crippen molar-refractivity contribution in [3.8, 4) is 6.07 Å². The zero-order chi connectivity index (χ0) is 9.80. The lowest BCUT2D eigenvalue weighted by Gasteiger charge is -1.90. The minimum Gasteiger partial charge on any atom is -0.472 e. The summed E-state index contributed by atoms with van der Waals surface area (Å²) >= 11 is 0. The fourth-order valence-electron chi connectivity index (χ4n) is 1.12. The van der Waals surface area contributed by atoms with Gasteiger partial charge in [-0.05, 0) is 18.2 Å². The molecule has 2 rings (SSSR count). The van der Waals surface area contributed by atoms with Gasteiger partial charge in [-0.25, -0.2) is 0 Å². The van der Waals surface area contributed by atoms with Crippen molar-refractivity contribution >= 4 is 11.6 Å². The standard InChI is InChI=1S/C11H7NO2/c12-6-11(10-2-4-14-8-10)5-9-1-3-13-7-9/h1-5,7-8H/b11-5+. The Kier molecular flexibility index (Phi) is 2.20. The summed E-state index contributed by atoms with van der Waals surface area (Å²) in [5.74, 6) is 0. The summed E-state index contributed by atoms with van der Waals surface area (Å²) in [4.78, 5) is 0. The van der Waals surface area contributed by atoms with Crippen molar-refractivity contribution in [1.29, 1.82) is 5.26 Å². The summed E-state index contributed by atoms with van der Waals surface area (Å²) < 4.78 is 9.80. The summed E-state index contributed by atoms with van der Waals surface area (Å²) in [7, 11) is 0.